The molecular weight excluding hydrogens is 506 g/mol. The largest absolute Gasteiger partial charge is 0.444 e. The smallest absolute Gasteiger partial charge is 0.407 e. The highest BCUT2D eigenvalue weighted by molar-refractivity contribution is 6.30. The maximum atomic E-state index is 13.7. The Balaban J connectivity index is 1.62. The van der Waals surface area contributed by atoms with Gasteiger partial charge < -0.3 is 25.4 Å². The molecule has 1 aliphatic carbocycles. The van der Waals surface area contributed by atoms with Gasteiger partial charge in [-0.3, -0.25) is 9.59 Å². The number of alkyl carbamates (subject to hydrolysis) is 1. The quantitative estimate of drug-likeness (QED) is 0.480. The van der Waals surface area contributed by atoms with Crippen molar-refractivity contribution in [1.82, 2.24) is 15.5 Å². The van der Waals surface area contributed by atoms with E-state index in [1.165, 1.54) is 0 Å². The van der Waals surface area contributed by atoms with Gasteiger partial charge in [0, 0.05) is 35.5 Å². The monoisotopic (exact) mass is 549 g/mol. The Morgan fingerprint density at radius 3 is 2.32 bits per heavy atom. The fraction of sp³-hybridized carbons (Fsp3) is 0.690. The number of hydrogen-bond donors (Lipinski definition) is 3. The van der Waals surface area contributed by atoms with Crippen LogP contribution in [0.3, 0.4) is 0 Å². The summed E-state index contributed by atoms with van der Waals surface area (Å²) in [6, 6.07) is 6.41. The number of carbonyl (C=O) groups is 3. The highest BCUT2D eigenvalue weighted by Crippen LogP contribution is 2.46. The molecule has 4 atom stereocenters. The molecule has 2 fully saturated rings. The molecule has 0 radical (unpaired) electrons. The third kappa shape index (κ3) is 7.00. The first-order valence-electron chi connectivity index (χ1n) is 13.6. The van der Waals surface area contributed by atoms with Crippen LogP contribution in [0.4, 0.5) is 4.79 Å². The predicted octanol–water partition coefficient (Wildman–Crippen LogP) is 4.62. The van der Waals surface area contributed by atoms with Crippen molar-refractivity contribution >= 4 is 29.5 Å². The van der Waals surface area contributed by atoms with E-state index in [2.05, 4.69) is 10.6 Å². The Labute approximate surface area is 231 Å². The molecule has 1 heterocycles. The lowest BCUT2D eigenvalue weighted by molar-refractivity contribution is -0.157. The molecule has 1 saturated heterocycles. The summed E-state index contributed by atoms with van der Waals surface area (Å²) in [6.45, 7) is 13.9. The van der Waals surface area contributed by atoms with Crippen LogP contribution >= 0.6 is 11.6 Å². The SMILES string of the molecule is CC(C)[C@@H](NC(=O)[C@@H]1CC[C@H](NC(=O)OC(C)(C)C)C1)C(=O)N1CC[C@](O)(c2ccc(Cl)cc2)C(C)(C)C1. The minimum absolute atomic E-state index is 0.108. The predicted molar refractivity (Wildman–Crippen MR) is 148 cm³/mol. The number of aliphatic hydroxyl groups is 1. The Morgan fingerprint density at radius 2 is 1.76 bits per heavy atom. The average molecular weight is 550 g/mol. The lowest BCUT2D eigenvalue weighted by atomic mass is 9.66. The molecule has 9 heteroatoms. The van der Waals surface area contributed by atoms with E-state index < -0.39 is 28.8 Å². The fourth-order valence-electron chi connectivity index (χ4n) is 5.58. The molecule has 3 N–H and O–H groups in total. The summed E-state index contributed by atoms with van der Waals surface area (Å²) in [6.07, 6.45) is 1.73. The van der Waals surface area contributed by atoms with Gasteiger partial charge in [-0.15, -0.1) is 0 Å². The molecular formula is C29H44ClN3O5. The first-order valence-corrected chi connectivity index (χ1v) is 14.0. The van der Waals surface area contributed by atoms with Gasteiger partial charge in [-0.2, -0.15) is 0 Å². The van der Waals surface area contributed by atoms with E-state index in [4.69, 9.17) is 16.3 Å². The summed E-state index contributed by atoms with van der Waals surface area (Å²) in [5.41, 5.74) is -1.53. The summed E-state index contributed by atoms with van der Waals surface area (Å²) >= 11 is 6.04. The lowest BCUT2D eigenvalue weighted by Gasteiger charge is -2.51. The van der Waals surface area contributed by atoms with Crippen LogP contribution in [0.1, 0.15) is 79.7 Å². The van der Waals surface area contributed by atoms with E-state index in [1.54, 1.807) is 17.0 Å². The maximum absolute atomic E-state index is 13.7. The molecule has 1 saturated carbocycles. The molecule has 1 aliphatic heterocycles. The van der Waals surface area contributed by atoms with Crippen molar-refractivity contribution in [3.63, 3.8) is 0 Å². The maximum Gasteiger partial charge on any atom is 0.407 e. The Hall–Kier alpha value is -2.32. The molecule has 212 valence electrons. The van der Waals surface area contributed by atoms with Gasteiger partial charge >= 0.3 is 6.09 Å². The van der Waals surface area contributed by atoms with Gasteiger partial charge in [0.2, 0.25) is 11.8 Å². The second-order valence-corrected chi connectivity index (χ2v) is 13.3. The lowest BCUT2D eigenvalue weighted by Crippen LogP contribution is -2.60. The van der Waals surface area contributed by atoms with Crippen molar-refractivity contribution in [3.8, 4) is 0 Å². The molecule has 1 aromatic rings. The van der Waals surface area contributed by atoms with Crippen molar-refractivity contribution in [2.75, 3.05) is 13.1 Å². The van der Waals surface area contributed by atoms with Gasteiger partial charge in [-0.05, 0) is 70.1 Å². The van der Waals surface area contributed by atoms with Crippen LogP contribution in [0.25, 0.3) is 0 Å². The van der Waals surface area contributed by atoms with Gasteiger partial charge in [0.05, 0.1) is 5.60 Å². The molecule has 2 aliphatic rings. The van der Waals surface area contributed by atoms with E-state index in [-0.39, 0.29) is 29.7 Å². The summed E-state index contributed by atoms with van der Waals surface area (Å²) in [7, 11) is 0. The van der Waals surface area contributed by atoms with Gasteiger partial charge in [-0.25, -0.2) is 4.79 Å². The van der Waals surface area contributed by atoms with Crippen LogP contribution in [0, 0.1) is 17.3 Å². The Morgan fingerprint density at radius 1 is 1.13 bits per heavy atom. The first-order chi connectivity index (χ1) is 17.5. The second-order valence-electron chi connectivity index (χ2n) is 12.8. The van der Waals surface area contributed by atoms with Crippen molar-refractivity contribution in [2.45, 2.75) is 97.4 Å². The number of piperidine rings is 1. The molecule has 8 nitrogen and oxygen atoms in total. The number of rotatable bonds is 6. The third-order valence-electron chi connectivity index (χ3n) is 7.84. The molecule has 0 unspecified atom stereocenters. The zero-order valence-corrected chi connectivity index (χ0v) is 24.5. The number of ether oxygens (including phenoxy) is 1. The molecule has 3 rings (SSSR count). The highest BCUT2D eigenvalue weighted by atomic mass is 35.5. The summed E-state index contributed by atoms with van der Waals surface area (Å²) < 4.78 is 5.33. The molecule has 38 heavy (non-hydrogen) atoms. The van der Waals surface area contributed by atoms with E-state index >= 15 is 0 Å². The number of nitrogens with zero attached hydrogens (tertiary/aromatic N) is 1. The normalized spacial score (nSPS) is 26.1. The van der Waals surface area contributed by atoms with Crippen molar-refractivity contribution in [1.29, 1.82) is 0 Å². The van der Waals surface area contributed by atoms with Gasteiger partial charge in [0.1, 0.15) is 11.6 Å². The molecule has 0 aromatic heterocycles. The molecule has 3 amide bonds. The Kier molecular flexibility index (Phi) is 9.09. The number of nitrogens with one attached hydrogen (secondary N) is 2. The van der Waals surface area contributed by atoms with E-state index in [0.717, 1.165) is 5.56 Å². The summed E-state index contributed by atoms with van der Waals surface area (Å²) in [5, 5.41) is 18.1. The van der Waals surface area contributed by atoms with Crippen LogP contribution in [-0.4, -0.2) is 58.7 Å². The van der Waals surface area contributed by atoms with Gasteiger partial charge in [-0.1, -0.05) is 51.4 Å². The summed E-state index contributed by atoms with van der Waals surface area (Å²) in [5.74, 6) is -0.694. The molecule has 0 spiro atoms. The zero-order chi connectivity index (χ0) is 28.5. The van der Waals surface area contributed by atoms with Crippen LogP contribution in [0.5, 0.6) is 0 Å². The number of hydrogen-bond acceptors (Lipinski definition) is 5. The second kappa shape index (κ2) is 11.4. The first kappa shape index (κ1) is 30.2. The van der Waals surface area contributed by atoms with E-state index in [1.807, 2.05) is 60.6 Å². The highest BCUT2D eigenvalue weighted by Gasteiger charge is 2.50. The minimum Gasteiger partial charge on any atom is -0.444 e. The number of carbonyl (C=O) groups excluding carboxylic acids is 3. The summed E-state index contributed by atoms with van der Waals surface area (Å²) in [4.78, 5) is 40.7. The Bertz CT molecular complexity index is 1020. The van der Waals surface area contributed by atoms with E-state index in [9.17, 15) is 19.5 Å². The number of benzene rings is 1. The van der Waals surface area contributed by atoms with Crippen LogP contribution < -0.4 is 10.6 Å². The standard InChI is InChI=1S/C29H44ClN3O5/c1-18(2)23(32-24(34)19-8-13-22(16-19)31-26(36)38-27(3,4)5)25(35)33-15-14-29(37,28(6,7)17-33)20-9-11-21(30)12-10-20/h9-12,18-19,22-23,37H,8,13-17H2,1-7H3,(H,31,36)(H,32,34)/t19-,22+,23-,29+/m1/s1. The van der Waals surface area contributed by atoms with Gasteiger partial charge in [0.25, 0.3) is 0 Å². The number of likely N-dealkylation sites (tertiary alicyclic amines) is 1. The van der Waals surface area contributed by atoms with Crippen molar-refractivity contribution in [3.05, 3.63) is 34.9 Å². The zero-order valence-electron chi connectivity index (χ0n) is 23.8. The fourth-order valence-corrected chi connectivity index (χ4v) is 5.70. The molecule has 0 bridgehead atoms. The van der Waals surface area contributed by atoms with Crippen molar-refractivity contribution in [2.24, 2.45) is 17.3 Å². The van der Waals surface area contributed by atoms with Gasteiger partial charge in [0.15, 0.2) is 0 Å². The van der Waals surface area contributed by atoms with Crippen LogP contribution in [0.15, 0.2) is 24.3 Å². The third-order valence-corrected chi connectivity index (χ3v) is 8.09. The van der Waals surface area contributed by atoms with E-state index in [0.29, 0.717) is 43.8 Å². The molecule has 1 aromatic carbocycles. The van der Waals surface area contributed by atoms with Crippen LogP contribution in [-0.2, 0) is 19.9 Å². The topological polar surface area (TPSA) is 108 Å². The van der Waals surface area contributed by atoms with Crippen LogP contribution in [0.2, 0.25) is 5.02 Å². The number of halogens is 1. The minimum atomic E-state index is -1.11. The number of amides is 3. The van der Waals surface area contributed by atoms with Crippen molar-refractivity contribution < 1.29 is 24.2 Å². The average Bonchev–Trinajstić information content (AvgIpc) is 3.26.